The lowest BCUT2D eigenvalue weighted by Crippen LogP contribution is -2.38. The Kier molecular flexibility index (Phi) is 6.43. The highest BCUT2D eigenvalue weighted by Gasteiger charge is 2.26. The third-order valence-electron chi connectivity index (χ3n) is 5.95. The molecule has 1 heterocycles. The van der Waals surface area contributed by atoms with Crippen LogP contribution in [-0.2, 0) is 14.6 Å². The van der Waals surface area contributed by atoms with Crippen LogP contribution >= 0.6 is 0 Å². The second kappa shape index (κ2) is 9.26. The molecule has 168 valence electrons. The van der Waals surface area contributed by atoms with Crippen molar-refractivity contribution in [2.45, 2.75) is 43.0 Å². The van der Waals surface area contributed by atoms with E-state index in [1.807, 2.05) is 30.3 Å². The molecule has 2 aromatic carbocycles. The SMILES string of the molecule is CCN(CC)CCC(=O)NC1=c2[nH]nc(S(=O)(=O)c3cccc4ccccc34)c2=CCC1. The Morgan fingerprint density at radius 1 is 1.12 bits per heavy atom. The Morgan fingerprint density at radius 3 is 2.66 bits per heavy atom. The van der Waals surface area contributed by atoms with Crippen molar-refractivity contribution in [3.63, 3.8) is 0 Å². The van der Waals surface area contributed by atoms with Crippen molar-refractivity contribution >= 4 is 38.3 Å². The van der Waals surface area contributed by atoms with Gasteiger partial charge >= 0.3 is 0 Å². The zero-order valence-electron chi connectivity index (χ0n) is 18.4. The van der Waals surface area contributed by atoms with Gasteiger partial charge < -0.3 is 10.2 Å². The molecule has 8 heteroatoms. The number of hydrogen-bond acceptors (Lipinski definition) is 5. The number of fused-ring (bicyclic) bond motifs is 2. The molecule has 1 aromatic heterocycles. The molecule has 1 amide bonds. The molecule has 0 bridgehead atoms. The molecule has 0 fully saturated rings. The fourth-order valence-corrected chi connectivity index (χ4v) is 5.72. The normalized spacial score (nSPS) is 13.8. The third-order valence-corrected chi connectivity index (χ3v) is 7.70. The van der Waals surface area contributed by atoms with Gasteiger partial charge in [-0.05, 0) is 37.4 Å². The number of amides is 1. The van der Waals surface area contributed by atoms with Gasteiger partial charge in [-0.25, -0.2) is 8.42 Å². The van der Waals surface area contributed by atoms with Gasteiger partial charge in [-0.1, -0.05) is 56.3 Å². The van der Waals surface area contributed by atoms with Gasteiger partial charge in [0, 0.05) is 29.3 Å². The van der Waals surface area contributed by atoms with E-state index in [1.165, 1.54) is 0 Å². The number of carbonyl (C=O) groups is 1. The van der Waals surface area contributed by atoms with Crippen molar-refractivity contribution in [3.8, 4) is 0 Å². The van der Waals surface area contributed by atoms with E-state index in [4.69, 9.17) is 0 Å². The smallest absolute Gasteiger partial charge is 0.226 e. The van der Waals surface area contributed by atoms with Crippen molar-refractivity contribution in [1.29, 1.82) is 0 Å². The number of H-pyrrole nitrogens is 1. The van der Waals surface area contributed by atoms with Crippen molar-refractivity contribution in [2.75, 3.05) is 19.6 Å². The lowest BCUT2D eigenvalue weighted by atomic mass is 10.1. The molecule has 0 unspecified atom stereocenters. The van der Waals surface area contributed by atoms with Crippen LogP contribution in [0.4, 0.5) is 0 Å². The minimum absolute atomic E-state index is 0.00144. The maximum atomic E-state index is 13.5. The van der Waals surface area contributed by atoms with Crippen LogP contribution < -0.4 is 15.9 Å². The first-order valence-electron chi connectivity index (χ1n) is 11.0. The van der Waals surface area contributed by atoms with Crippen LogP contribution in [0.25, 0.3) is 22.5 Å². The molecule has 0 saturated heterocycles. The molecule has 1 aliphatic rings. The lowest BCUT2D eigenvalue weighted by Gasteiger charge is -2.18. The van der Waals surface area contributed by atoms with E-state index in [9.17, 15) is 13.2 Å². The number of hydrogen-bond donors (Lipinski definition) is 2. The predicted octanol–water partition coefficient (Wildman–Crippen LogP) is 1.93. The van der Waals surface area contributed by atoms with Crippen molar-refractivity contribution in [1.82, 2.24) is 20.4 Å². The first-order chi connectivity index (χ1) is 15.5. The van der Waals surface area contributed by atoms with Crippen LogP contribution in [0.1, 0.15) is 33.1 Å². The average Bonchev–Trinajstić information content (AvgIpc) is 3.25. The third kappa shape index (κ3) is 4.20. The number of nitrogens with one attached hydrogen (secondary N) is 2. The fourth-order valence-electron chi connectivity index (χ4n) is 4.13. The average molecular weight is 453 g/mol. The number of sulfone groups is 1. The molecular formula is C24H28N4O3S. The summed E-state index contributed by atoms with van der Waals surface area (Å²) in [6, 6.07) is 12.6. The minimum atomic E-state index is -3.85. The van der Waals surface area contributed by atoms with Crippen molar-refractivity contribution in [2.24, 2.45) is 0 Å². The summed E-state index contributed by atoms with van der Waals surface area (Å²) in [6.45, 7) is 6.63. The molecule has 0 radical (unpaired) electrons. The quantitative estimate of drug-likeness (QED) is 0.545. The Hall–Kier alpha value is -2.97. The molecule has 1 aliphatic carbocycles. The standard InChI is InChI=1S/C24H28N4O3S/c1-3-28(4-2)16-15-22(29)25-20-13-8-12-19-23(20)26-27-24(19)32(30,31)21-14-7-10-17-9-5-6-11-18(17)21/h5-7,9-12,14,26H,3-4,8,13,15-16H2,1-2H3,(H,25,29). The summed E-state index contributed by atoms with van der Waals surface area (Å²) in [7, 11) is -3.85. The van der Waals surface area contributed by atoms with Crippen LogP contribution in [0.5, 0.6) is 0 Å². The summed E-state index contributed by atoms with van der Waals surface area (Å²) in [5, 5.41) is 12.7. The van der Waals surface area contributed by atoms with E-state index in [2.05, 4.69) is 34.3 Å². The van der Waals surface area contributed by atoms with Crippen LogP contribution in [0.3, 0.4) is 0 Å². The molecule has 2 N–H and O–H groups in total. The molecule has 3 aromatic rings. The summed E-state index contributed by atoms with van der Waals surface area (Å²) < 4.78 is 27.1. The number of benzene rings is 2. The molecule has 32 heavy (non-hydrogen) atoms. The second-order valence-corrected chi connectivity index (χ2v) is 9.68. The minimum Gasteiger partial charge on any atom is -0.328 e. The van der Waals surface area contributed by atoms with Gasteiger partial charge in [0.2, 0.25) is 15.7 Å². The van der Waals surface area contributed by atoms with E-state index >= 15 is 0 Å². The first-order valence-corrected chi connectivity index (χ1v) is 12.5. The predicted molar refractivity (Wildman–Crippen MR) is 125 cm³/mol. The summed E-state index contributed by atoms with van der Waals surface area (Å²) >= 11 is 0. The Morgan fingerprint density at radius 2 is 1.88 bits per heavy atom. The Balaban J connectivity index is 1.69. The van der Waals surface area contributed by atoms with Gasteiger partial charge in [-0.2, -0.15) is 5.10 Å². The van der Waals surface area contributed by atoms with E-state index in [0.29, 0.717) is 47.5 Å². The Bertz CT molecular complexity index is 1370. The van der Waals surface area contributed by atoms with Gasteiger partial charge in [0.15, 0.2) is 5.03 Å². The van der Waals surface area contributed by atoms with E-state index in [-0.39, 0.29) is 15.8 Å². The highest BCUT2D eigenvalue weighted by molar-refractivity contribution is 7.91. The number of aromatic nitrogens is 2. The summed E-state index contributed by atoms with van der Waals surface area (Å²) in [5.74, 6) is -0.0761. The second-order valence-electron chi connectivity index (χ2n) is 7.84. The molecule has 7 nitrogen and oxygen atoms in total. The number of carbonyl (C=O) groups excluding carboxylic acids is 1. The van der Waals surface area contributed by atoms with Gasteiger partial charge in [0.25, 0.3) is 0 Å². The molecule has 0 aliphatic heterocycles. The number of aromatic amines is 1. The molecule has 4 rings (SSSR count). The van der Waals surface area contributed by atoms with Gasteiger partial charge in [-0.15, -0.1) is 0 Å². The highest BCUT2D eigenvalue weighted by atomic mass is 32.2. The highest BCUT2D eigenvalue weighted by Crippen LogP contribution is 2.26. The first kappa shape index (κ1) is 22.2. The largest absolute Gasteiger partial charge is 0.328 e. The van der Waals surface area contributed by atoms with Crippen LogP contribution in [0, 0.1) is 0 Å². The van der Waals surface area contributed by atoms with Gasteiger partial charge in [0.1, 0.15) is 0 Å². The maximum Gasteiger partial charge on any atom is 0.226 e. The number of rotatable bonds is 8. The summed E-state index contributed by atoms with van der Waals surface area (Å²) in [4.78, 5) is 14.9. The topological polar surface area (TPSA) is 95.2 Å². The molecule has 0 saturated carbocycles. The van der Waals surface area contributed by atoms with E-state index in [0.717, 1.165) is 18.5 Å². The monoisotopic (exact) mass is 452 g/mol. The maximum absolute atomic E-state index is 13.5. The fraction of sp³-hybridized carbons (Fsp3) is 0.333. The van der Waals surface area contributed by atoms with Crippen molar-refractivity contribution < 1.29 is 13.2 Å². The van der Waals surface area contributed by atoms with Gasteiger partial charge in [-0.3, -0.25) is 9.89 Å². The zero-order valence-corrected chi connectivity index (χ0v) is 19.2. The molecule has 0 atom stereocenters. The van der Waals surface area contributed by atoms with Crippen LogP contribution in [0.15, 0.2) is 52.4 Å². The van der Waals surface area contributed by atoms with Crippen LogP contribution in [0.2, 0.25) is 0 Å². The summed E-state index contributed by atoms with van der Waals surface area (Å²) in [6.07, 6.45) is 3.53. The van der Waals surface area contributed by atoms with Crippen LogP contribution in [-0.4, -0.2) is 49.1 Å². The van der Waals surface area contributed by atoms with Gasteiger partial charge in [0.05, 0.1) is 10.2 Å². The molecular weight excluding hydrogens is 424 g/mol. The zero-order chi connectivity index (χ0) is 22.7. The Labute approximate surface area is 187 Å². The number of nitrogens with zero attached hydrogens (tertiary/aromatic N) is 2. The molecule has 0 spiro atoms. The van der Waals surface area contributed by atoms with Crippen molar-refractivity contribution in [3.05, 3.63) is 53.0 Å². The van der Waals surface area contributed by atoms with E-state index in [1.54, 1.807) is 18.2 Å². The summed E-state index contributed by atoms with van der Waals surface area (Å²) in [5.41, 5.74) is 0.693. The van der Waals surface area contributed by atoms with E-state index < -0.39 is 9.84 Å². The lowest BCUT2D eigenvalue weighted by molar-refractivity contribution is -0.120.